The Morgan fingerprint density at radius 3 is 2.37 bits per heavy atom. The van der Waals surface area contributed by atoms with E-state index in [9.17, 15) is 9.59 Å². The van der Waals surface area contributed by atoms with E-state index in [1.165, 1.54) is 0 Å². The maximum absolute atomic E-state index is 12.9. The Balaban J connectivity index is 1.54. The number of Topliss-reactive ketones (excluding diaryl/α,β-unsaturated/α-hetero) is 1. The summed E-state index contributed by atoms with van der Waals surface area (Å²) >= 11 is 12.5. The van der Waals surface area contributed by atoms with Crippen molar-refractivity contribution in [1.29, 1.82) is 5.41 Å². The highest BCUT2D eigenvalue weighted by molar-refractivity contribution is 6.35. The lowest BCUT2D eigenvalue weighted by Crippen LogP contribution is -2.31. The van der Waals surface area contributed by atoms with E-state index in [4.69, 9.17) is 28.6 Å². The van der Waals surface area contributed by atoms with Gasteiger partial charge in [0.2, 0.25) is 5.62 Å². The molecule has 6 nitrogen and oxygen atoms in total. The second kappa shape index (κ2) is 10.5. The number of para-hydroxylation sites is 1. The van der Waals surface area contributed by atoms with Crippen LogP contribution in [0.5, 0.6) is 0 Å². The van der Waals surface area contributed by atoms with E-state index in [-0.39, 0.29) is 23.9 Å². The molecule has 0 saturated carbocycles. The summed E-state index contributed by atoms with van der Waals surface area (Å²) in [7, 11) is 1.78. The van der Waals surface area contributed by atoms with Gasteiger partial charge >= 0.3 is 0 Å². The van der Waals surface area contributed by atoms with E-state index in [1.807, 2.05) is 43.3 Å². The third-order valence-corrected chi connectivity index (χ3v) is 6.55. The first-order chi connectivity index (χ1) is 16.8. The van der Waals surface area contributed by atoms with Gasteiger partial charge in [-0.15, -0.1) is 0 Å². The minimum absolute atomic E-state index is 0.00998. The minimum Gasteiger partial charge on any atom is -0.342 e. The van der Waals surface area contributed by atoms with E-state index in [0.717, 1.165) is 5.56 Å². The number of nitrogens with one attached hydrogen (secondary N) is 1. The Morgan fingerprint density at radius 1 is 0.943 bits per heavy atom. The summed E-state index contributed by atoms with van der Waals surface area (Å²) in [4.78, 5) is 27.4. The van der Waals surface area contributed by atoms with Crippen molar-refractivity contribution in [2.24, 2.45) is 0 Å². The average molecular weight is 509 g/mol. The molecule has 1 heterocycles. The highest BCUT2D eigenvalue weighted by atomic mass is 35.5. The van der Waals surface area contributed by atoms with Crippen LogP contribution in [0.1, 0.15) is 32.7 Å². The fourth-order valence-corrected chi connectivity index (χ4v) is 4.57. The number of nitrogens with zero attached hydrogens (tertiary/aromatic N) is 3. The third kappa shape index (κ3) is 5.34. The van der Waals surface area contributed by atoms with Crippen LogP contribution in [-0.2, 0) is 13.1 Å². The van der Waals surface area contributed by atoms with Gasteiger partial charge in [-0.1, -0.05) is 47.0 Å². The zero-order valence-corrected chi connectivity index (χ0v) is 21.1. The molecule has 35 heavy (non-hydrogen) atoms. The molecule has 0 aliphatic rings. The van der Waals surface area contributed by atoms with Crippen molar-refractivity contribution in [3.63, 3.8) is 0 Å². The summed E-state index contributed by atoms with van der Waals surface area (Å²) in [6, 6.07) is 19.7. The van der Waals surface area contributed by atoms with Crippen molar-refractivity contribution in [3.8, 4) is 0 Å². The standard InChI is InChI=1S/C27H26Cl2N4O2/c1-18-6-3-7-20(16-18)26(35)31(2)14-5-15-32-25-22(29)8-4-9-23(25)33(27(32)30)17-24(34)19-10-12-21(28)13-11-19/h3-4,6-13,16,30H,5,14-15,17H2,1-2H3. The summed E-state index contributed by atoms with van der Waals surface area (Å²) in [6.45, 7) is 2.96. The van der Waals surface area contributed by atoms with Crippen LogP contribution in [0.2, 0.25) is 10.0 Å². The molecule has 4 rings (SSSR count). The van der Waals surface area contributed by atoms with Crippen molar-refractivity contribution in [1.82, 2.24) is 14.0 Å². The summed E-state index contributed by atoms with van der Waals surface area (Å²) in [6.07, 6.45) is 0.625. The van der Waals surface area contributed by atoms with Gasteiger partial charge in [-0.05, 0) is 61.9 Å². The van der Waals surface area contributed by atoms with Gasteiger partial charge in [-0.25, -0.2) is 0 Å². The number of rotatable bonds is 8. The van der Waals surface area contributed by atoms with Crippen molar-refractivity contribution in [3.05, 3.63) is 99.1 Å². The van der Waals surface area contributed by atoms with Crippen molar-refractivity contribution in [2.75, 3.05) is 13.6 Å². The molecule has 0 fully saturated rings. The van der Waals surface area contributed by atoms with Crippen molar-refractivity contribution >= 4 is 45.9 Å². The Morgan fingerprint density at radius 2 is 1.66 bits per heavy atom. The Bertz CT molecular complexity index is 1450. The first-order valence-electron chi connectivity index (χ1n) is 11.3. The Hall–Kier alpha value is -3.35. The van der Waals surface area contributed by atoms with Gasteiger partial charge in [0, 0.05) is 36.3 Å². The number of benzene rings is 3. The predicted octanol–water partition coefficient (Wildman–Crippen LogP) is 5.58. The number of imidazole rings is 1. The SMILES string of the molecule is Cc1cccc(C(=O)N(C)CCCn2c(=N)n(CC(=O)c3ccc(Cl)cc3)c3cccc(Cl)c32)c1. The minimum atomic E-state index is -0.123. The van der Waals surface area contributed by atoms with Gasteiger partial charge in [0.25, 0.3) is 5.91 Å². The lowest BCUT2D eigenvalue weighted by molar-refractivity contribution is 0.0791. The van der Waals surface area contributed by atoms with E-state index in [0.29, 0.717) is 51.7 Å². The topological polar surface area (TPSA) is 71.1 Å². The van der Waals surface area contributed by atoms with E-state index >= 15 is 0 Å². The van der Waals surface area contributed by atoms with Gasteiger partial charge in [-0.2, -0.15) is 0 Å². The van der Waals surface area contributed by atoms with Crippen molar-refractivity contribution in [2.45, 2.75) is 26.4 Å². The zero-order chi connectivity index (χ0) is 25.1. The molecule has 4 aromatic rings. The lowest BCUT2D eigenvalue weighted by Gasteiger charge is -2.18. The van der Waals surface area contributed by atoms with Gasteiger partial charge in [-0.3, -0.25) is 15.0 Å². The lowest BCUT2D eigenvalue weighted by atomic mass is 10.1. The number of hydrogen-bond donors (Lipinski definition) is 1. The molecule has 0 aliphatic carbocycles. The molecular formula is C27H26Cl2N4O2. The van der Waals surface area contributed by atoms with Crippen LogP contribution in [0.3, 0.4) is 0 Å². The molecule has 0 aliphatic heterocycles. The number of ketones is 1. The van der Waals surface area contributed by atoms with Gasteiger partial charge in [0.05, 0.1) is 22.6 Å². The number of halogens is 2. The summed E-state index contributed by atoms with van der Waals surface area (Å²) in [5.41, 5.74) is 3.82. The van der Waals surface area contributed by atoms with Gasteiger partial charge in [0.1, 0.15) is 0 Å². The zero-order valence-electron chi connectivity index (χ0n) is 19.6. The molecule has 1 aromatic heterocycles. The van der Waals surface area contributed by atoms with E-state index < -0.39 is 0 Å². The molecule has 0 unspecified atom stereocenters. The molecule has 0 spiro atoms. The number of amides is 1. The Kier molecular flexibility index (Phi) is 7.43. The largest absolute Gasteiger partial charge is 0.342 e. The normalized spacial score (nSPS) is 11.1. The highest BCUT2D eigenvalue weighted by Gasteiger charge is 2.17. The highest BCUT2D eigenvalue weighted by Crippen LogP contribution is 2.23. The second-order valence-electron chi connectivity index (χ2n) is 8.55. The van der Waals surface area contributed by atoms with Crippen LogP contribution in [-0.4, -0.2) is 39.3 Å². The molecule has 180 valence electrons. The van der Waals surface area contributed by atoms with Crippen LogP contribution in [0.25, 0.3) is 11.0 Å². The maximum atomic E-state index is 12.9. The third-order valence-electron chi connectivity index (χ3n) is 5.99. The predicted molar refractivity (Wildman–Crippen MR) is 139 cm³/mol. The van der Waals surface area contributed by atoms with E-state index in [2.05, 4.69) is 0 Å². The molecule has 3 aromatic carbocycles. The van der Waals surface area contributed by atoms with Crippen molar-refractivity contribution < 1.29 is 9.59 Å². The molecule has 1 N–H and O–H groups in total. The van der Waals surface area contributed by atoms with Crippen LogP contribution in [0.15, 0.2) is 66.7 Å². The van der Waals surface area contributed by atoms with Crippen LogP contribution in [0.4, 0.5) is 0 Å². The molecule has 0 saturated heterocycles. The molecule has 8 heteroatoms. The maximum Gasteiger partial charge on any atom is 0.253 e. The molecule has 0 bridgehead atoms. The monoisotopic (exact) mass is 508 g/mol. The summed E-state index contributed by atoms with van der Waals surface area (Å²) in [5.74, 6) is -0.165. The van der Waals surface area contributed by atoms with Crippen LogP contribution >= 0.6 is 23.2 Å². The first kappa shape index (κ1) is 24.8. The molecule has 1 amide bonds. The fraction of sp³-hybridized carbons (Fsp3) is 0.222. The summed E-state index contributed by atoms with van der Waals surface area (Å²) < 4.78 is 3.47. The fourth-order valence-electron chi connectivity index (χ4n) is 4.17. The van der Waals surface area contributed by atoms with E-state index in [1.54, 1.807) is 51.4 Å². The van der Waals surface area contributed by atoms with Gasteiger partial charge < -0.3 is 14.0 Å². The quantitative estimate of drug-likeness (QED) is 0.315. The molecular weight excluding hydrogens is 483 g/mol. The van der Waals surface area contributed by atoms with Gasteiger partial charge in [0.15, 0.2) is 5.78 Å². The number of fused-ring (bicyclic) bond motifs is 1. The van der Waals surface area contributed by atoms with Crippen LogP contribution in [0, 0.1) is 12.3 Å². The van der Waals surface area contributed by atoms with Crippen LogP contribution < -0.4 is 5.62 Å². The number of carbonyl (C=O) groups excluding carboxylic acids is 2. The number of aromatic nitrogens is 2. The average Bonchev–Trinajstić information content (AvgIpc) is 3.11. The molecule has 0 atom stereocenters. The number of carbonyl (C=O) groups is 2. The smallest absolute Gasteiger partial charge is 0.253 e. The number of aryl methyl sites for hydroxylation is 2. The molecule has 0 radical (unpaired) electrons. The first-order valence-corrected chi connectivity index (χ1v) is 12.0. The Labute approximate surface area is 213 Å². The summed E-state index contributed by atoms with van der Waals surface area (Å²) in [5, 5.41) is 9.88. The second-order valence-corrected chi connectivity index (χ2v) is 9.39. The number of hydrogen-bond acceptors (Lipinski definition) is 3.